The van der Waals surface area contributed by atoms with Crippen LogP contribution in [0.2, 0.25) is 0 Å². The van der Waals surface area contributed by atoms with Crippen LogP contribution in [0.25, 0.3) is 0 Å². The Bertz CT molecular complexity index is 978. The van der Waals surface area contributed by atoms with Gasteiger partial charge in [0.05, 0.1) is 6.20 Å². The molecule has 9 nitrogen and oxygen atoms in total. The van der Waals surface area contributed by atoms with E-state index < -0.39 is 5.60 Å². The number of likely N-dealkylation sites (tertiary alicyclic amines) is 1. The van der Waals surface area contributed by atoms with Crippen molar-refractivity contribution in [3.8, 4) is 0 Å². The molecule has 1 spiro atoms. The first-order chi connectivity index (χ1) is 15.2. The van der Waals surface area contributed by atoms with E-state index in [0.717, 1.165) is 37.9 Å². The third kappa shape index (κ3) is 5.53. The number of carbonyl (C=O) groups is 2. The van der Waals surface area contributed by atoms with Gasteiger partial charge in [-0.15, -0.1) is 0 Å². The Morgan fingerprint density at radius 2 is 2.00 bits per heavy atom. The van der Waals surface area contributed by atoms with Crippen LogP contribution in [0.4, 0.5) is 15.7 Å². The number of ether oxygens (including phenoxy) is 1. The molecule has 0 saturated carbocycles. The molecule has 10 heteroatoms. The summed E-state index contributed by atoms with van der Waals surface area (Å²) in [6.07, 6.45) is 7.26. The number of nitrogens with one attached hydrogen (secondary N) is 2. The van der Waals surface area contributed by atoms with Gasteiger partial charge in [-0.1, -0.05) is 11.3 Å². The van der Waals surface area contributed by atoms with Crippen molar-refractivity contribution in [3.63, 3.8) is 0 Å². The summed E-state index contributed by atoms with van der Waals surface area (Å²) in [5.41, 5.74) is -0.594. The minimum Gasteiger partial charge on any atom is -0.444 e. The van der Waals surface area contributed by atoms with Gasteiger partial charge >= 0.3 is 6.09 Å². The van der Waals surface area contributed by atoms with Crippen LogP contribution in [0.15, 0.2) is 18.5 Å². The van der Waals surface area contributed by atoms with Crippen LogP contribution >= 0.6 is 11.3 Å². The zero-order valence-corrected chi connectivity index (χ0v) is 19.6. The van der Waals surface area contributed by atoms with Gasteiger partial charge in [0.25, 0.3) is 5.91 Å². The molecule has 32 heavy (non-hydrogen) atoms. The van der Waals surface area contributed by atoms with Crippen LogP contribution in [0, 0.1) is 5.41 Å². The van der Waals surface area contributed by atoms with Crippen LogP contribution in [0.1, 0.15) is 62.0 Å². The van der Waals surface area contributed by atoms with Gasteiger partial charge in [-0.2, -0.15) is 0 Å². The average molecular weight is 459 g/mol. The molecule has 2 aromatic heterocycles. The van der Waals surface area contributed by atoms with E-state index in [2.05, 4.69) is 25.6 Å². The number of carbonyl (C=O) groups excluding carboxylic acids is 2. The third-order valence-corrected chi connectivity index (χ3v) is 6.79. The lowest BCUT2D eigenvalue weighted by molar-refractivity contribution is 0.00855. The first-order valence-electron chi connectivity index (χ1n) is 11.0. The van der Waals surface area contributed by atoms with Gasteiger partial charge < -0.3 is 20.3 Å². The van der Waals surface area contributed by atoms with Gasteiger partial charge in [0.1, 0.15) is 22.1 Å². The molecule has 2 amide bonds. The molecule has 0 aliphatic carbocycles. The van der Waals surface area contributed by atoms with Crippen molar-refractivity contribution < 1.29 is 14.3 Å². The SMILES string of the molecule is CC(C)(C)OC(=O)N1CCC2(CCCc3nccc(n3)Nc3ncc(s3)C(=O)NC2)CC1. The van der Waals surface area contributed by atoms with Gasteiger partial charge in [0.15, 0.2) is 5.13 Å². The van der Waals surface area contributed by atoms with Crippen molar-refractivity contribution in [1.29, 1.82) is 0 Å². The Morgan fingerprint density at radius 3 is 2.75 bits per heavy atom. The molecule has 172 valence electrons. The van der Waals surface area contributed by atoms with E-state index in [1.54, 1.807) is 23.4 Å². The maximum absolute atomic E-state index is 12.8. The van der Waals surface area contributed by atoms with Crippen LogP contribution in [0.3, 0.4) is 0 Å². The van der Waals surface area contributed by atoms with E-state index >= 15 is 0 Å². The second-order valence-electron chi connectivity index (χ2n) is 9.52. The fraction of sp³-hybridized carbons (Fsp3) is 0.591. The zero-order chi connectivity index (χ0) is 22.8. The molecule has 4 bridgehead atoms. The predicted octanol–water partition coefficient (Wildman–Crippen LogP) is 3.76. The molecule has 4 heterocycles. The van der Waals surface area contributed by atoms with Gasteiger partial charge in [-0.25, -0.2) is 19.7 Å². The minimum atomic E-state index is -0.512. The first-order valence-corrected chi connectivity index (χ1v) is 11.8. The summed E-state index contributed by atoms with van der Waals surface area (Å²) < 4.78 is 5.54. The number of amides is 2. The molecule has 0 atom stereocenters. The van der Waals surface area contributed by atoms with E-state index in [-0.39, 0.29) is 17.4 Å². The first kappa shape index (κ1) is 22.4. The highest BCUT2D eigenvalue weighted by atomic mass is 32.1. The summed E-state index contributed by atoms with van der Waals surface area (Å²) in [6.45, 7) is 7.43. The minimum absolute atomic E-state index is 0.0817. The molecule has 2 aliphatic heterocycles. The van der Waals surface area contributed by atoms with Gasteiger partial charge in [-0.05, 0) is 57.9 Å². The Labute approximate surface area is 192 Å². The van der Waals surface area contributed by atoms with Gasteiger partial charge in [0.2, 0.25) is 0 Å². The highest BCUT2D eigenvalue weighted by molar-refractivity contribution is 7.17. The topological polar surface area (TPSA) is 109 Å². The van der Waals surface area contributed by atoms with Crippen LogP contribution in [-0.4, -0.2) is 57.1 Å². The van der Waals surface area contributed by atoms with Crippen molar-refractivity contribution in [2.24, 2.45) is 5.41 Å². The van der Waals surface area contributed by atoms with Crippen LogP contribution in [0.5, 0.6) is 0 Å². The number of hydrogen-bond acceptors (Lipinski definition) is 8. The van der Waals surface area contributed by atoms with E-state index in [1.807, 2.05) is 20.8 Å². The molecule has 4 rings (SSSR count). The van der Waals surface area contributed by atoms with E-state index in [1.165, 1.54) is 11.3 Å². The van der Waals surface area contributed by atoms with E-state index in [4.69, 9.17) is 4.74 Å². The number of nitrogens with zero attached hydrogens (tertiary/aromatic N) is 4. The molecule has 2 aromatic rings. The average Bonchev–Trinajstić information content (AvgIpc) is 3.20. The molecule has 2 aliphatic rings. The normalized spacial score (nSPS) is 19.0. The molecule has 0 radical (unpaired) electrons. The van der Waals surface area contributed by atoms with Crippen LogP contribution < -0.4 is 10.6 Å². The lowest BCUT2D eigenvalue weighted by atomic mass is 9.74. The summed E-state index contributed by atoms with van der Waals surface area (Å²) >= 11 is 1.30. The largest absolute Gasteiger partial charge is 0.444 e. The second kappa shape index (κ2) is 9.01. The Morgan fingerprint density at radius 1 is 1.22 bits per heavy atom. The highest BCUT2D eigenvalue weighted by Crippen LogP contribution is 2.37. The molecule has 1 fully saturated rings. The molecule has 0 unspecified atom stereocenters. The third-order valence-electron chi connectivity index (χ3n) is 5.88. The van der Waals surface area contributed by atoms with Crippen molar-refractivity contribution in [3.05, 3.63) is 29.2 Å². The number of piperidine rings is 1. The molecular weight excluding hydrogens is 428 g/mol. The lowest BCUT2D eigenvalue weighted by Gasteiger charge is -2.42. The van der Waals surface area contributed by atoms with Gasteiger partial charge in [0, 0.05) is 32.3 Å². The summed E-state index contributed by atoms with van der Waals surface area (Å²) in [5.74, 6) is 1.34. The Hall–Kier alpha value is -2.75. The lowest BCUT2D eigenvalue weighted by Crippen LogP contribution is -2.49. The maximum atomic E-state index is 12.8. The zero-order valence-electron chi connectivity index (χ0n) is 18.8. The molecule has 1 saturated heterocycles. The highest BCUT2D eigenvalue weighted by Gasteiger charge is 2.37. The number of hydrogen-bond donors (Lipinski definition) is 2. The number of aryl methyl sites for hydroxylation is 1. The van der Waals surface area contributed by atoms with Crippen molar-refractivity contribution in [1.82, 2.24) is 25.2 Å². The Kier molecular flexibility index (Phi) is 6.32. The number of fused-ring (bicyclic) bond motifs is 4. The molecule has 0 aromatic carbocycles. The second-order valence-corrected chi connectivity index (χ2v) is 10.5. The summed E-state index contributed by atoms with van der Waals surface area (Å²) in [4.78, 5) is 40.9. The molecule has 2 N–H and O–H groups in total. The summed E-state index contributed by atoms with van der Waals surface area (Å²) in [5, 5.41) is 6.89. The standard InChI is InChI=1S/C22H30N6O3S/c1-21(2,3)31-20(30)28-11-8-22(9-12-28)7-4-5-16-23-10-6-17(26-16)27-19-24-13-15(32-19)18(29)25-14-22/h6,10,13H,4-5,7-9,11-12,14H2,1-3H3,(H,25,29)(H,23,24,26,27). The van der Waals surface area contributed by atoms with Crippen LogP contribution in [-0.2, 0) is 11.2 Å². The number of rotatable bonds is 0. The Balaban J connectivity index is 1.49. The van der Waals surface area contributed by atoms with Crippen molar-refractivity contribution >= 4 is 34.3 Å². The molecular formula is C22H30N6O3S. The maximum Gasteiger partial charge on any atom is 0.410 e. The van der Waals surface area contributed by atoms with Crippen molar-refractivity contribution in [2.75, 3.05) is 25.0 Å². The van der Waals surface area contributed by atoms with Crippen molar-refractivity contribution in [2.45, 2.75) is 58.5 Å². The fourth-order valence-electron chi connectivity index (χ4n) is 4.12. The number of thiazole rings is 1. The predicted molar refractivity (Wildman–Crippen MR) is 122 cm³/mol. The van der Waals surface area contributed by atoms with E-state index in [9.17, 15) is 9.59 Å². The van der Waals surface area contributed by atoms with E-state index in [0.29, 0.717) is 35.5 Å². The number of anilines is 2. The quantitative estimate of drug-likeness (QED) is 0.618. The fourth-order valence-corrected chi connectivity index (χ4v) is 4.86. The monoisotopic (exact) mass is 458 g/mol. The smallest absolute Gasteiger partial charge is 0.410 e. The van der Waals surface area contributed by atoms with Gasteiger partial charge in [-0.3, -0.25) is 4.79 Å². The summed E-state index contributed by atoms with van der Waals surface area (Å²) in [6, 6.07) is 1.80. The number of aromatic nitrogens is 3. The summed E-state index contributed by atoms with van der Waals surface area (Å²) in [7, 11) is 0.